The summed E-state index contributed by atoms with van der Waals surface area (Å²) in [7, 11) is 2.02. The number of pyridine rings is 2. The average Bonchev–Trinajstić information content (AvgIpc) is 3.59. The smallest absolute Gasteiger partial charge is 0.289 e. The molecule has 222 valence electrons. The lowest BCUT2D eigenvalue weighted by atomic mass is 9.61. The minimum absolute atomic E-state index is 0.0261. The van der Waals surface area contributed by atoms with Gasteiger partial charge in [-0.25, -0.2) is 23.7 Å². The van der Waals surface area contributed by atoms with E-state index in [0.717, 1.165) is 30.8 Å². The lowest BCUT2D eigenvalue weighted by Crippen LogP contribution is -2.65. The maximum absolute atomic E-state index is 13.5. The van der Waals surface area contributed by atoms with Gasteiger partial charge in [0.1, 0.15) is 11.8 Å². The number of hydrogen-bond donors (Lipinski definition) is 1. The van der Waals surface area contributed by atoms with E-state index in [4.69, 9.17) is 14.5 Å². The maximum Gasteiger partial charge on any atom is 0.289 e. The predicted octanol–water partition coefficient (Wildman–Crippen LogP) is 4.05. The van der Waals surface area contributed by atoms with Crippen LogP contribution in [0.25, 0.3) is 11.3 Å². The Morgan fingerprint density at radius 1 is 1.21 bits per heavy atom. The molecule has 0 bridgehead atoms. The first kappa shape index (κ1) is 28.4. The number of likely N-dealkylation sites (N-methyl/N-ethyl adjacent to an activating group) is 1. The highest BCUT2D eigenvalue weighted by atomic mass is 32.1. The molecule has 3 aromatic heterocycles. The van der Waals surface area contributed by atoms with E-state index in [2.05, 4.69) is 20.2 Å². The summed E-state index contributed by atoms with van der Waals surface area (Å²) < 4.78 is 37.7. The summed E-state index contributed by atoms with van der Waals surface area (Å²) in [6.45, 7) is 5.05. The van der Waals surface area contributed by atoms with Crippen molar-refractivity contribution in [1.29, 1.82) is 0 Å². The summed E-state index contributed by atoms with van der Waals surface area (Å²) >= 11 is 0.795. The van der Waals surface area contributed by atoms with E-state index in [9.17, 15) is 18.4 Å². The fourth-order valence-corrected chi connectivity index (χ4v) is 6.62. The molecule has 1 N–H and O–H groups in total. The number of halogens is 2. The van der Waals surface area contributed by atoms with Gasteiger partial charge < -0.3 is 24.6 Å². The molecule has 2 amide bonds. The lowest BCUT2D eigenvalue weighted by molar-refractivity contribution is -0.103. The van der Waals surface area contributed by atoms with Gasteiger partial charge in [-0.2, -0.15) is 0 Å². The first-order valence-corrected chi connectivity index (χ1v) is 14.9. The number of ether oxygens (including phenoxy) is 2. The zero-order valence-electron chi connectivity index (χ0n) is 23.4. The SMILES string of the molecule is CCOc1ncccc1-c1ccc(OC2CC3(C2)CN(C(=O)c2csc(C(F)F)n2)C3)c(C(=O)NC2CCN(C)C2)n1. The predicted molar refractivity (Wildman–Crippen MR) is 151 cm³/mol. The zero-order chi connectivity index (χ0) is 29.4. The van der Waals surface area contributed by atoms with Gasteiger partial charge in [0, 0.05) is 42.7 Å². The molecule has 2 saturated heterocycles. The fourth-order valence-electron chi connectivity index (χ4n) is 5.98. The molecule has 1 atom stereocenters. The molecule has 1 spiro atoms. The molecule has 3 aliphatic rings. The molecule has 0 aromatic carbocycles. The van der Waals surface area contributed by atoms with Crippen LogP contribution in [0.4, 0.5) is 8.78 Å². The van der Waals surface area contributed by atoms with Crippen molar-refractivity contribution >= 4 is 23.2 Å². The number of hydrogen-bond acceptors (Lipinski definition) is 9. The highest BCUT2D eigenvalue weighted by Gasteiger charge is 2.55. The van der Waals surface area contributed by atoms with Crippen LogP contribution in [0.5, 0.6) is 11.6 Å². The molecule has 0 radical (unpaired) electrons. The Kier molecular flexibility index (Phi) is 7.79. The second-order valence-electron chi connectivity index (χ2n) is 11.2. The van der Waals surface area contributed by atoms with Crippen molar-refractivity contribution in [2.75, 3.05) is 39.8 Å². The molecule has 3 fully saturated rings. The standard InChI is InChI=1S/C29H32F2N6O4S/c1-3-40-26-19(5-4-9-32-26)20-6-7-22(23(34-20)25(38)33-17-8-10-36(2)13-17)41-18-11-29(12-18)15-37(16-29)28(39)21-14-42-27(35-21)24(30)31/h4-7,9,14,17-18,24H,3,8,10-13,15-16H2,1-2H3,(H,33,38). The van der Waals surface area contributed by atoms with E-state index in [1.807, 2.05) is 20.0 Å². The van der Waals surface area contributed by atoms with Crippen LogP contribution in [0.3, 0.4) is 0 Å². The van der Waals surface area contributed by atoms with E-state index >= 15 is 0 Å². The third-order valence-corrected chi connectivity index (χ3v) is 8.86. The van der Waals surface area contributed by atoms with Crippen LogP contribution in [-0.4, -0.2) is 88.5 Å². The van der Waals surface area contributed by atoms with Crippen LogP contribution in [0.2, 0.25) is 0 Å². The van der Waals surface area contributed by atoms with Crippen molar-refractivity contribution in [1.82, 2.24) is 30.1 Å². The Hall–Kier alpha value is -3.71. The van der Waals surface area contributed by atoms with Crippen LogP contribution in [0, 0.1) is 5.41 Å². The number of likely N-dealkylation sites (tertiary alicyclic amines) is 2. The summed E-state index contributed by atoms with van der Waals surface area (Å²) in [6.07, 6.45) is 1.11. The number of nitrogens with one attached hydrogen (secondary N) is 1. The number of aromatic nitrogens is 3. The summed E-state index contributed by atoms with van der Waals surface area (Å²) in [6, 6.07) is 7.25. The summed E-state index contributed by atoms with van der Waals surface area (Å²) in [5, 5.41) is 4.15. The van der Waals surface area contributed by atoms with Crippen LogP contribution in [-0.2, 0) is 0 Å². The molecule has 3 aromatic rings. The van der Waals surface area contributed by atoms with Crippen molar-refractivity contribution in [3.63, 3.8) is 0 Å². The summed E-state index contributed by atoms with van der Waals surface area (Å²) in [5.74, 6) is 0.220. The third-order valence-electron chi connectivity index (χ3n) is 8.01. The Morgan fingerprint density at radius 2 is 2.02 bits per heavy atom. The number of amides is 2. The number of alkyl halides is 2. The molecule has 1 saturated carbocycles. The van der Waals surface area contributed by atoms with E-state index < -0.39 is 6.43 Å². The minimum Gasteiger partial charge on any atom is -0.488 e. The van der Waals surface area contributed by atoms with Crippen molar-refractivity contribution in [2.45, 2.75) is 44.8 Å². The average molecular weight is 599 g/mol. The lowest BCUT2D eigenvalue weighted by Gasteiger charge is -2.58. The minimum atomic E-state index is -2.69. The highest BCUT2D eigenvalue weighted by molar-refractivity contribution is 7.09. The van der Waals surface area contributed by atoms with E-state index in [0.29, 0.717) is 55.4 Å². The molecule has 5 heterocycles. The Balaban J connectivity index is 1.14. The molecule has 10 nitrogen and oxygen atoms in total. The first-order valence-electron chi connectivity index (χ1n) is 14.0. The monoisotopic (exact) mass is 598 g/mol. The van der Waals surface area contributed by atoms with Crippen molar-refractivity contribution in [2.24, 2.45) is 5.41 Å². The van der Waals surface area contributed by atoms with Crippen molar-refractivity contribution < 1.29 is 27.8 Å². The molecule has 13 heteroatoms. The number of nitrogens with zero attached hydrogens (tertiary/aromatic N) is 5. The van der Waals surface area contributed by atoms with Crippen molar-refractivity contribution in [3.05, 3.63) is 52.2 Å². The largest absolute Gasteiger partial charge is 0.488 e. The van der Waals surface area contributed by atoms with Crippen LogP contribution < -0.4 is 14.8 Å². The molecule has 1 aliphatic carbocycles. The Labute approximate surface area is 246 Å². The summed E-state index contributed by atoms with van der Waals surface area (Å²) in [4.78, 5) is 42.8. The van der Waals surface area contributed by atoms with E-state index in [1.54, 1.807) is 29.3 Å². The quantitative estimate of drug-likeness (QED) is 0.393. The van der Waals surface area contributed by atoms with Crippen LogP contribution >= 0.6 is 11.3 Å². The molecule has 6 rings (SSSR count). The summed E-state index contributed by atoms with van der Waals surface area (Å²) in [5.41, 5.74) is 1.44. The van der Waals surface area contributed by atoms with Crippen LogP contribution in [0.1, 0.15) is 58.6 Å². The maximum atomic E-state index is 13.5. The fraction of sp³-hybridized carbons (Fsp3) is 0.483. The van der Waals surface area contributed by atoms with Crippen molar-refractivity contribution in [3.8, 4) is 22.9 Å². The van der Waals surface area contributed by atoms with Gasteiger partial charge in [0.2, 0.25) is 5.88 Å². The normalized spacial score (nSPS) is 19.9. The van der Waals surface area contributed by atoms with Gasteiger partial charge in [0.05, 0.1) is 17.9 Å². The van der Waals surface area contributed by atoms with Gasteiger partial charge in [-0.1, -0.05) is 0 Å². The number of carbonyl (C=O) groups excluding carboxylic acids is 2. The van der Waals surface area contributed by atoms with Gasteiger partial charge in [0.25, 0.3) is 18.2 Å². The second kappa shape index (κ2) is 11.5. The zero-order valence-corrected chi connectivity index (χ0v) is 24.2. The van der Waals surface area contributed by atoms with Crippen LogP contribution in [0.15, 0.2) is 35.8 Å². The third kappa shape index (κ3) is 5.67. The molecule has 42 heavy (non-hydrogen) atoms. The molecular formula is C29H32F2N6O4S. The molecule has 1 unspecified atom stereocenters. The Bertz CT molecular complexity index is 1470. The Morgan fingerprint density at radius 3 is 2.71 bits per heavy atom. The number of rotatable bonds is 9. The van der Waals surface area contributed by atoms with Gasteiger partial charge in [0.15, 0.2) is 16.5 Å². The molecule has 2 aliphatic heterocycles. The first-order chi connectivity index (χ1) is 20.2. The van der Waals surface area contributed by atoms with Gasteiger partial charge >= 0.3 is 0 Å². The van der Waals surface area contributed by atoms with Gasteiger partial charge in [-0.05, 0) is 64.0 Å². The topological polar surface area (TPSA) is 110 Å². The second-order valence-corrected chi connectivity index (χ2v) is 12.1. The van der Waals surface area contributed by atoms with E-state index in [-0.39, 0.29) is 45.8 Å². The van der Waals surface area contributed by atoms with E-state index in [1.165, 1.54) is 5.38 Å². The molecular weight excluding hydrogens is 566 g/mol. The highest BCUT2D eigenvalue weighted by Crippen LogP contribution is 2.50. The van der Waals surface area contributed by atoms with Gasteiger partial charge in [-0.15, -0.1) is 11.3 Å². The number of thiazole rings is 1. The number of carbonyl (C=O) groups is 2. The van der Waals surface area contributed by atoms with Gasteiger partial charge in [-0.3, -0.25) is 9.59 Å².